The molecule has 0 aliphatic carbocycles. The number of amides is 1. The average molecular weight is 306 g/mol. The van der Waals surface area contributed by atoms with Gasteiger partial charge in [0.1, 0.15) is 17.1 Å². The molecule has 3 N–H and O–H groups in total. The maximum Gasteiger partial charge on any atom is 0.329 e. The fourth-order valence-electron chi connectivity index (χ4n) is 2.64. The summed E-state index contributed by atoms with van der Waals surface area (Å²) in [5, 5.41) is 12.3. The number of nitrogens with one attached hydrogen (secondary N) is 2. The number of halogens is 1. The summed E-state index contributed by atoms with van der Waals surface area (Å²) in [4.78, 5) is 26.7. The van der Waals surface area contributed by atoms with E-state index in [0.717, 1.165) is 0 Å². The van der Waals surface area contributed by atoms with Crippen LogP contribution in [0.25, 0.3) is 10.9 Å². The monoisotopic (exact) mass is 306 g/mol. The lowest BCUT2D eigenvalue weighted by molar-refractivity contribution is -0.148. The molecule has 0 bridgehead atoms. The number of aromatic amines is 1. The minimum atomic E-state index is -1.34. The van der Waals surface area contributed by atoms with Gasteiger partial charge in [-0.05, 0) is 18.2 Å². The highest BCUT2D eigenvalue weighted by molar-refractivity contribution is 6.00. The summed E-state index contributed by atoms with van der Waals surface area (Å²) in [6, 6.07) is 5.87. The van der Waals surface area contributed by atoms with Gasteiger partial charge >= 0.3 is 5.97 Å². The van der Waals surface area contributed by atoms with Gasteiger partial charge in [-0.2, -0.15) is 0 Å². The molecule has 1 aliphatic rings. The number of carboxylic acids is 1. The molecule has 1 amide bonds. The molecule has 1 fully saturated rings. The van der Waals surface area contributed by atoms with E-state index in [2.05, 4.69) is 10.3 Å². The van der Waals surface area contributed by atoms with Crippen molar-refractivity contribution in [3.05, 3.63) is 35.8 Å². The van der Waals surface area contributed by atoms with Crippen molar-refractivity contribution in [2.24, 2.45) is 0 Å². The third-order valence-electron chi connectivity index (χ3n) is 3.96. The van der Waals surface area contributed by atoms with E-state index in [4.69, 9.17) is 4.74 Å². The van der Waals surface area contributed by atoms with Crippen molar-refractivity contribution in [2.45, 2.75) is 18.4 Å². The number of ether oxygens (including phenoxy) is 1. The zero-order valence-corrected chi connectivity index (χ0v) is 11.7. The summed E-state index contributed by atoms with van der Waals surface area (Å²) in [5.74, 6) is -2.10. The van der Waals surface area contributed by atoms with E-state index < -0.39 is 23.2 Å². The van der Waals surface area contributed by atoms with Crippen molar-refractivity contribution >= 4 is 22.8 Å². The lowest BCUT2D eigenvalue weighted by atomic mass is 9.90. The van der Waals surface area contributed by atoms with E-state index in [0.29, 0.717) is 10.9 Å². The van der Waals surface area contributed by atoms with Crippen molar-refractivity contribution in [1.29, 1.82) is 0 Å². The van der Waals surface area contributed by atoms with E-state index >= 15 is 0 Å². The molecular weight excluding hydrogens is 291 g/mol. The largest absolute Gasteiger partial charge is 0.480 e. The SMILES string of the molecule is O=C(NC1(C(=O)O)CCOCC1)c1cc2c(F)cccc2[nH]1. The van der Waals surface area contributed by atoms with E-state index in [1.54, 1.807) is 6.07 Å². The number of benzene rings is 1. The number of aliphatic carboxylic acids is 1. The molecule has 7 heteroatoms. The average Bonchev–Trinajstić information content (AvgIpc) is 2.94. The van der Waals surface area contributed by atoms with Crippen LogP contribution in [0.5, 0.6) is 0 Å². The van der Waals surface area contributed by atoms with Gasteiger partial charge in [0.05, 0.1) is 0 Å². The number of aromatic nitrogens is 1. The highest BCUT2D eigenvalue weighted by Crippen LogP contribution is 2.23. The summed E-state index contributed by atoms with van der Waals surface area (Å²) in [6.07, 6.45) is 0.394. The molecule has 1 aromatic carbocycles. The van der Waals surface area contributed by atoms with Crippen LogP contribution in [0.4, 0.5) is 4.39 Å². The highest BCUT2D eigenvalue weighted by atomic mass is 19.1. The van der Waals surface area contributed by atoms with Crippen LogP contribution in [0, 0.1) is 5.82 Å². The minimum Gasteiger partial charge on any atom is -0.480 e. The molecule has 2 heterocycles. The molecule has 1 aliphatic heterocycles. The molecule has 0 spiro atoms. The second kappa shape index (κ2) is 5.42. The van der Waals surface area contributed by atoms with Crippen molar-refractivity contribution in [3.63, 3.8) is 0 Å². The lowest BCUT2D eigenvalue weighted by Gasteiger charge is -2.33. The van der Waals surface area contributed by atoms with E-state index in [-0.39, 0.29) is 31.7 Å². The molecular formula is C15H15FN2O4. The van der Waals surface area contributed by atoms with Crippen LogP contribution in [0.2, 0.25) is 0 Å². The van der Waals surface area contributed by atoms with Crippen molar-refractivity contribution in [3.8, 4) is 0 Å². The predicted octanol–water partition coefficient (Wildman–Crippen LogP) is 1.67. The molecule has 116 valence electrons. The number of rotatable bonds is 3. The van der Waals surface area contributed by atoms with Gasteiger partial charge in [0.2, 0.25) is 0 Å². The van der Waals surface area contributed by atoms with Gasteiger partial charge < -0.3 is 20.1 Å². The Morgan fingerprint density at radius 1 is 1.32 bits per heavy atom. The number of hydrogen-bond acceptors (Lipinski definition) is 3. The molecule has 0 unspecified atom stereocenters. The van der Waals surface area contributed by atoms with Gasteiger partial charge in [0, 0.05) is 37.0 Å². The molecule has 0 atom stereocenters. The third-order valence-corrected chi connectivity index (χ3v) is 3.96. The molecule has 0 saturated carbocycles. The van der Waals surface area contributed by atoms with Crippen LogP contribution in [0.1, 0.15) is 23.3 Å². The predicted molar refractivity (Wildman–Crippen MR) is 76.1 cm³/mol. The standard InChI is InChI=1S/C15H15FN2O4/c16-10-2-1-3-11-9(10)8-12(17-11)13(19)18-15(14(20)21)4-6-22-7-5-15/h1-3,8,17H,4-7H2,(H,18,19)(H,20,21). The van der Waals surface area contributed by atoms with E-state index in [1.807, 2.05) is 0 Å². The molecule has 2 aromatic rings. The van der Waals surface area contributed by atoms with Gasteiger partial charge in [-0.15, -0.1) is 0 Å². The molecule has 6 nitrogen and oxygen atoms in total. The Labute approximate surface area is 125 Å². The maximum atomic E-state index is 13.7. The zero-order valence-electron chi connectivity index (χ0n) is 11.7. The molecule has 1 saturated heterocycles. The summed E-state index contributed by atoms with van der Waals surface area (Å²) < 4.78 is 18.8. The van der Waals surface area contributed by atoms with Crippen LogP contribution in [0.15, 0.2) is 24.3 Å². The van der Waals surface area contributed by atoms with Gasteiger partial charge in [0.15, 0.2) is 0 Å². The lowest BCUT2D eigenvalue weighted by Crippen LogP contribution is -2.57. The van der Waals surface area contributed by atoms with E-state index in [9.17, 15) is 19.1 Å². The number of carbonyl (C=O) groups is 2. The van der Waals surface area contributed by atoms with Crippen molar-refractivity contribution in [1.82, 2.24) is 10.3 Å². The molecule has 22 heavy (non-hydrogen) atoms. The van der Waals surface area contributed by atoms with Crippen molar-refractivity contribution < 1.29 is 23.8 Å². The van der Waals surface area contributed by atoms with Crippen molar-refractivity contribution in [2.75, 3.05) is 13.2 Å². The summed E-state index contributed by atoms with van der Waals surface area (Å²) in [5.41, 5.74) is -0.723. The first-order valence-electron chi connectivity index (χ1n) is 6.93. The Kier molecular flexibility index (Phi) is 3.58. The zero-order chi connectivity index (χ0) is 15.7. The Balaban J connectivity index is 1.88. The Morgan fingerprint density at radius 2 is 2.05 bits per heavy atom. The Morgan fingerprint density at radius 3 is 2.68 bits per heavy atom. The summed E-state index contributed by atoms with van der Waals surface area (Å²) in [7, 11) is 0. The maximum absolute atomic E-state index is 13.7. The number of H-pyrrole nitrogens is 1. The molecule has 0 radical (unpaired) electrons. The summed E-state index contributed by atoms with van der Waals surface area (Å²) in [6.45, 7) is 0.543. The van der Waals surface area contributed by atoms with Crippen LogP contribution in [0.3, 0.4) is 0 Å². The Hall–Kier alpha value is -2.41. The number of fused-ring (bicyclic) bond motifs is 1. The minimum absolute atomic E-state index is 0.132. The Bertz CT molecular complexity index is 734. The first-order chi connectivity index (χ1) is 10.5. The third kappa shape index (κ3) is 2.43. The normalized spacial score (nSPS) is 17.3. The smallest absolute Gasteiger partial charge is 0.329 e. The quantitative estimate of drug-likeness (QED) is 0.804. The van der Waals surface area contributed by atoms with Crippen LogP contribution >= 0.6 is 0 Å². The van der Waals surface area contributed by atoms with Crippen LogP contribution < -0.4 is 5.32 Å². The van der Waals surface area contributed by atoms with Gasteiger partial charge in [-0.1, -0.05) is 6.07 Å². The topological polar surface area (TPSA) is 91.4 Å². The van der Waals surface area contributed by atoms with Gasteiger partial charge in [0.25, 0.3) is 5.91 Å². The second-order valence-electron chi connectivity index (χ2n) is 5.34. The highest BCUT2D eigenvalue weighted by Gasteiger charge is 2.42. The first kappa shape index (κ1) is 14.5. The second-order valence-corrected chi connectivity index (χ2v) is 5.34. The number of carbonyl (C=O) groups excluding carboxylic acids is 1. The van der Waals surface area contributed by atoms with Crippen LogP contribution in [-0.2, 0) is 9.53 Å². The van der Waals surface area contributed by atoms with Gasteiger partial charge in [-0.25, -0.2) is 9.18 Å². The first-order valence-corrected chi connectivity index (χ1v) is 6.93. The van der Waals surface area contributed by atoms with E-state index in [1.165, 1.54) is 18.2 Å². The fraction of sp³-hybridized carbons (Fsp3) is 0.333. The number of hydrogen-bond donors (Lipinski definition) is 3. The molecule has 3 rings (SSSR count). The summed E-state index contributed by atoms with van der Waals surface area (Å²) >= 11 is 0. The van der Waals surface area contributed by atoms with Gasteiger partial charge in [-0.3, -0.25) is 4.79 Å². The molecule has 1 aromatic heterocycles. The van der Waals surface area contributed by atoms with Crippen LogP contribution in [-0.4, -0.2) is 40.7 Å². The fourth-order valence-corrected chi connectivity index (χ4v) is 2.64. The number of carboxylic acid groups (broad SMARTS) is 1.